The summed E-state index contributed by atoms with van der Waals surface area (Å²) in [5.74, 6) is 0.951. The zero-order valence-electron chi connectivity index (χ0n) is 11.8. The van der Waals surface area contributed by atoms with E-state index in [2.05, 4.69) is 45.6 Å². The van der Waals surface area contributed by atoms with E-state index in [4.69, 9.17) is 11.6 Å². The standard InChI is InChI=1S/C17H18ClN3/c18-14-8-9-15-16(11-14)21-17(20-15)12-19-10-4-7-13-5-2-1-3-6-13/h1-3,5-6,8-9,11,19H,4,7,10,12H2,(H,20,21). The highest BCUT2D eigenvalue weighted by molar-refractivity contribution is 6.31. The van der Waals surface area contributed by atoms with Crippen molar-refractivity contribution in [1.82, 2.24) is 15.3 Å². The first-order valence-electron chi connectivity index (χ1n) is 7.20. The molecule has 0 aliphatic heterocycles. The summed E-state index contributed by atoms with van der Waals surface area (Å²) in [5, 5.41) is 4.15. The highest BCUT2D eigenvalue weighted by Crippen LogP contribution is 2.17. The molecule has 0 radical (unpaired) electrons. The Balaban J connectivity index is 1.46. The largest absolute Gasteiger partial charge is 0.341 e. The Kier molecular flexibility index (Phi) is 4.53. The van der Waals surface area contributed by atoms with E-state index in [0.29, 0.717) is 0 Å². The van der Waals surface area contributed by atoms with Gasteiger partial charge < -0.3 is 10.3 Å². The molecule has 0 saturated heterocycles. The van der Waals surface area contributed by atoms with Gasteiger partial charge in [-0.25, -0.2) is 4.98 Å². The van der Waals surface area contributed by atoms with Gasteiger partial charge in [-0.3, -0.25) is 0 Å². The van der Waals surface area contributed by atoms with Crippen LogP contribution in [-0.4, -0.2) is 16.5 Å². The Labute approximate surface area is 129 Å². The second-order valence-corrected chi connectivity index (χ2v) is 5.55. The van der Waals surface area contributed by atoms with Gasteiger partial charge in [0.25, 0.3) is 0 Å². The van der Waals surface area contributed by atoms with Crippen LogP contribution in [0, 0.1) is 0 Å². The number of aromatic nitrogens is 2. The first-order valence-corrected chi connectivity index (χ1v) is 7.58. The molecule has 0 saturated carbocycles. The van der Waals surface area contributed by atoms with Crippen LogP contribution in [0.15, 0.2) is 48.5 Å². The lowest BCUT2D eigenvalue weighted by molar-refractivity contribution is 0.634. The molecule has 2 N–H and O–H groups in total. The number of hydrogen-bond donors (Lipinski definition) is 2. The normalized spacial score (nSPS) is 11.1. The number of nitrogens with zero attached hydrogens (tertiary/aromatic N) is 1. The summed E-state index contributed by atoms with van der Waals surface area (Å²) in [4.78, 5) is 7.82. The fourth-order valence-electron chi connectivity index (χ4n) is 2.39. The van der Waals surface area contributed by atoms with E-state index in [-0.39, 0.29) is 0 Å². The average molecular weight is 300 g/mol. The van der Waals surface area contributed by atoms with E-state index < -0.39 is 0 Å². The number of hydrogen-bond acceptors (Lipinski definition) is 2. The highest BCUT2D eigenvalue weighted by atomic mass is 35.5. The molecule has 0 spiro atoms. The van der Waals surface area contributed by atoms with Crippen LogP contribution in [0.4, 0.5) is 0 Å². The van der Waals surface area contributed by atoms with Gasteiger partial charge >= 0.3 is 0 Å². The topological polar surface area (TPSA) is 40.7 Å². The molecule has 0 bridgehead atoms. The van der Waals surface area contributed by atoms with Crippen molar-refractivity contribution in [1.29, 1.82) is 0 Å². The molecule has 21 heavy (non-hydrogen) atoms. The minimum atomic E-state index is 0.730. The van der Waals surface area contributed by atoms with E-state index in [9.17, 15) is 0 Å². The molecule has 0 aliphatic carbocycles. The third kappa shape index (κ3) is 3.84. The number of aromatic amines is 1. The predicted octanol–water partition coefficient (Wildman–Crippen LogP) is 3.94. The van der Waals surface area contributed by atoms with E-state index in [1.165, 1.54) is 5.56 Å². The molecule has 3 rings (SSSR count). The van der Waals surface area contributed by atoms with Crippen molar-refractivity contribution in [2.24, 2.45) is 0 Å². The first kappa shape index (κ1) is 14.1. The lowest BCUT2D eigenvalue weighted by Crippen LogP contribution is -2.16. The Hall–Kier alpha value is -1.84. The molecule has 1 heterocycles. The number of aryl methyl sites for hydroxylation is 1. The smallest absolute Gasteiger partial charge is 0.121 e. The van der Waals surface area contributed by atoms with Gasteiger partial charge in [-0.2, -0.15) is 0 Å². The van der Waals surface area contributed by atoms with Crippen molar-refractivity contribution in [3.63, 3.8) is 0 Å². The monoisotopic (exact) mass is 299 g/mol. The number of nitrogens with one attached hydrogen (secondary N) is 2. The molecule has 0 amide bonds. The van der Waals surface area contributed by atoms with Gasteiger partial charge in [-0.05, 0) is 43.1 Å². The van der Waals surface area contributed by atoms with E-state index in [1.54, 1.807) is 0 Å². The Morgan fingerprint density at radius 3 is 2.81 bits per heavy atom. The van der Waals surface area contributed by atoms with Crippen LogP contribution in [0.3, 0.4) is 0 Å². The number of benzene rings is 2. The molecule has 108 valence electrons. The maximum atomic E-state index is 5.97. The van der Waals surface area contributed by atoms with Crippen molar-refractivity contribution in [2.75, 3.05) is 6.54 Å². The third-order valence-electron chi connectivity index (χ3n) is 3.45. The zero-order chi connectivity index (χ0) is 14.5. The Morgan fingerprint density at radius 1 is 1.10 bits per heavy atom. The fourth-order valence-corrected chi connectivity index (χ4v) is 2.56. The van der Waals surface area contributed by atoms with Crippen molar-refractivity contribution < 1.29 is 0 Å². The Bertz CT molecular complexity index is 706. The molecule has 3 aromatic rings. The minimum absolute atomic E-state index is 0.730. The van der Waals surface area contributed by atoms with Gasteiger partial charge in [0.05, 0.1) is 17.6 Å². The third-order valence-corrected chi connectivity index (χ3v) is 3.68. The Morgan fingerprint density at radius 2 is 1.95 bits per heavy atom. The highest BCUT2D eigenvalue weighted by Gasteiger charge is 2.02. The predicted molar refractivity (Wildman–Crippen MR) is 87.6 cm³/mol. The van der Waals surface area contributed by atoms with Gasteiger partial charge in [-0.15, -0.1) is 0 Å². The second kappa shape index (κ2) is 6.74. The molecule has 3 nitrogen and oxygen atoms in total. The number of H-pyrrole nitrogens is 1. The molecule has 2 aromatic carbocycles. The summed E-state index contributed by atoms with van der Waals surface area (Å²) in [6.45, 7) is 1.73. The molecular formula is C17H18ClN3. The second-order valence-electron chi connectivity index (χ2n) is 5.11. The van der Waals surface area contributed by atoms with Gasteiger partial charge in [0.15, 0.2) is 0 Å². The molecular weight excluding hydrogens is 282 g/mol. The molecule has 0 fully saturated rings. The number of fused-ring (bicyclic) bond motifs is 1. The summed E-state index contributed by atoms with van der Waals surface area (Å²) < 4.78 is 0. The van der Waals surface area contributed by atoms with E-state index >= 15 is 0 Å². The van der Waals surface area contributed by atoms with E-state index in [0.717, 1.165) is 47.8 Å². The van der Waals surface area contributed by atoms with Crippen LogP contribution >= 0.6 is 11.6 Å². The molecule has 1 aromatic heterocycles. The summed E-state index contributed by atoms with van der Waals surface area (Å²) in [6, 6.07) is 16.3. The summed E-state index contributed by atoms with van der Waals surface area (Å²) >= 11 is 5.97. The van der Waals surface area contributed by atoms with Crippen LogP contribution < -0.4 is 5.32 Å². The number of imidazole rings is 1. The molecule has 0 unspecified atom stereocenters. The molecule has 0 atom stereocenters. The summed E-state index contributed by atoms with van der Waals surface area (Å²) in [7, 11) is 0. The fraction of sp³-hybridized carbons (Fsp3) is 0.235. The lowest BCUT2D eigenvalue weighted by Gasteiger charge is -2.03. The van der Waals surface area contributed by atoms with Crippen LogP contribution in [0.5, 0.6) is 0 Å². The van der Waals surface area contributed by atoms with Crippen molar-refractivity contribution >= 4 is 22.6 Å². The summed E-state index contributed by atoms with van der Waals surface area (Å²) in [6.07, 6.45) is 2.22. The number of halogens is 1. The maximum Gasteiger partial charge on any atom is 0.121 e. The quantitative estimate of drug-likeness (QED) is 0.677. The maximum absolute atomic E-state index is 5.97. The van der Waals surface area contributed by atoms with Crippen LogP contribution in [0.1, 0.15) is 17.8 Å². The minimum Gasteiger partial charge on any atom is -0.341 e. The SMILES string of the molecule is Clc1ccc2nc(CNCCCc3ccccc3)[nH]c2c1. The molecule has 4 heteroatoms. The van der Waals surface area contributed by atoms with Crippen LogP contribution in [0.25, 0.3) is 11.0 Å². The molecule has 0 aliphatic rings. The lowest BCUT2D eigenvalue weighted by atomic mass is 10.1. The van der Waals surface area contributed by atoms with Crippen LogP contribution in [0.2, 0.25) is 5.02 Å². The van der Waals surface area contributed by atoms with E-state index in [1.807, 2.05) is 18.2 Å². The van der Waals surface area contributed by atoms with Crippen LogP contribution in [-0.2, 0) is 13.0 Å². The van der Waals surface area contributed by atoms with Crippen molar-refractivity contribution in [2.45, 2.75) is 19.4 Å². The van der Waals surface area contributed by atoms with Crippen molar-refractivity contribution in [3.8, 4) is 0 Å². The van der Waals surface area contributed by atoms with Gasteiger partial charge in [0.2, 0.25) is 0 Å². The van der Waals surface area contributed by atoms with Gasteiger partial charge in [-0.1, -0.05) is 41.9 Å². The number of rotatable bonds is 6. The zero-order valence-corrected chi connectivity index (χ0v) is 12.5. The van der Waals surface area contributed by atoms with Gasteiger partial charge in [0, 0.05) is 5.02 Å². The van der Waals surface area contributed by atoms with Gasteiger partial charge in [0.1, 0.15) is 5.82 Å². The van der Waals surface area contributed by atoms with Crippen molar-refractivity contribution in [3.05, 3.63) is 64.9 Å². The first-order chi connectivity index (χ1) is 10.3. The average Bonchev–Trinajstić information content (AvgIpc) is 2.90. The summed E-state index contributed by atoms with van der Waals surface area (Å²) in [5.41, 5.74) is 3.33.